The van der Waals surface area contributed by atoms with Gasteiger partial charge in [-0.1, -0.05) is 13.8 Å². The first-order valence-electron chi connectivity index (χ1n) is 4.77. The predicted octanol–water partition coefficient (Wildman–Crippen LogP) is 3.07. The van der Waals surface area contributed by atoms with Gasteiger partial charge in [0.25, 0.3) is 0 Å². The number of hydrogen-bond acceptors (Lipinski definition) is 2. The van der Waals surface area contributed by atoms with E-state index in [9.17, 15) is 0 Å². The average molecular weight is 174 g/mol. The van der Waals surface area contributed by atoms with Crippen LogP contribution < -0.4 is 6.15 Å². The summed E-state index contributed by atoms with van der Waals surface area (Å²) in [6, 6.07) is 0. The van der Waals surface area contributed by atoms with Crippen molar-refractivity contribution in [2.24, 2.45) is 0 Å². The molecule has 0 aromatic rings. The van der Waals surface area contributed by atoms with Crippen LogP contribution in [0.5, 0.6) is 0 Å². The summed E-state index contributed by atoms with van der Waals surface area (Å²) in [7, 11) is 0. The molecule has 76 valence electrons. The minimum absolute atomic E-state index is 0. The predicted molar refractivity (Wildman–Crippen MR) is 56.9 cm³/mol. The van der Waals surface area contributed by atoms with Gasteiger partial charge in [-0.2, -0.15) is 0 Å². The van der Waals surface area contributed by atoms with Crippen LogP contribution >= 0.6 is 0 Å². The van der Waals surface area contributed by atoms with E-state index in [-0.39, 0.29) is 6.15 Å². The van der Waals surface area contributed by atoms with Crippen LogP contribution in [0, 0.1) is 0 Å². The lowest BCUT2D eigenvalue weighted by Gasteiger charge is -2.35. The molecule has 0 saturated heterocycles. The second kappa shape index (κ2) is 6.44. The van der Waals surface area contributed by atoms with Gasteiger partial charge in [0.15, 0.2) is 0 Å². The monoisotopic (exact) mass is 174 g/mol. The van der Waals surface area contributed by atoms with E-state index in [0.717, 1.165) is 0 Å². The van der Waals surface area contributed by atoms with Crippen molar-refractivity contribution in [2.45, 2.75) is 53.0 Å². The average Bonchev–Trinajstić information content (AvgIpc) is 1.85. The van der Waals surface area contributed by atoms with Crippen LogP contribution in [0.4, 0.5) is 0 Å². The SMILES string of the molecule is CCCN(CCC)C(C)(C)C.N. The lowest BCUT2D eigenvalue weighted by Crippen LogP contribution is -2.42. The van der Waals surface area contributed by atoms with Crippen LogP contribution in [-0.2, 0) is 0 Å². The number of rotatable bonds is 4. The van der Waals surface area contributed by atoms with Gasteiger partial charge in [-0.05, 0) is 46.7 Å². The van der Waals surface area contributed by atoms with Crippen molar-refractivity contribution in [2.75, 3.05) is 13.1 Å². The third-order valence-corrected chi connectivity index (χ3v) is 1.94. The lowest BCUT2D eigenvalue weighted by atomic mass is 10.1. The molecule has 0 rings (SSSR count). The highest BCUT2D eigenvalue weighted by molar-refractivity contribution is 4.74. The Morgan fingerprint density at radius 3 is 1.42 bits per heavy atom. The Morgan fingerprint density at radius 2 is 1.25 bits per heavy atom. The number of nitrogens with zero attached hydrogens (tertiary/aromatic N) is 1. The summed E-state index contributed by atoms with van der Waals surface area (Å²) in [5.41, 5.74) is 0.353. The molecule has 2 nitrogen and oxygen atoms in total. The van der Waals surface area contributed by atoms with Crippen molar-refractivity contribution in [3.05, 3.63) is 0 Å². The van der Waals surface area contributed by atoms with Gasteiger partial charge in [0.1, 0.15) is 0 Å². The van der Waals surface area contributed by atoms with Crippen LogP contribution in [0.2, 0.25) is 0 Å². The normalized spacial score (nSPS) is 11.5. The van der Waals surface area contributed by atoms with Crippen molar-refractivity contribution in [3.8, 4) is 0 Å². The lowest BCUT2D eigenvalue weighted by molar-refractivity contribution is 0.137. The fourth-order valence-corrected chi connectivity index (χ4v) is 1.32. The summed E-state index contributed by atoms with van der Waals surface area (Å²) in [4.78, 5) is 2.55. The summed E-state index contributed by atoms with van der Waals surface area (Å²) in [5.74, 6) is 0. The summed E-state index contributed by atoms with van der Waals surface area (Å²) in [6.45, 7) is 13.8. The van der Waals surface area contributed by atoms with Crippen molar-refractivity contribution in [1.29, 1.82) is 0 Å². The standard InChI is InChI=1S/C10H23N.H3N/c1-6-8-11(9-7-2)10(3,4)5;/h6-9H2,1-5H3;1H3. The van der Waals surface area contributed by atoms with Gasteiger partial charge in [-0.15, -0.1) is 0 Å². The minimum atomic E-state index is 0. The summed E-state index contributed by atoms with van der Waals surface area (Å²) >= 11 is 0. The van der Waals surface area contributed by atoms with Crippen LogP contribution in [0.3, 0.4) is 0 Å². The maximum Gasteiger partial charge on any atom is 0.0125 e. The molecule has 0 unspecified atom stereocenters. The first-order valence-corrected chi connectivity index (χ1v) is 4.77. The van der Waals surface area contributed by atoms with E-state index in [1.807, 2.05) is 0 Å². The van der Waals surface area contributed by atoms with Crippen molar-refractivity contribution in [3.63, 3.8) is 0 Å². The fourth-order valence-electron chi connectivity index (χ4n) is 1.32. The van der Waals surface area contributed by atoms with E-state index in [4.69, 9.17) is 0 Å². The Hall–Kier alpha value is -0.0800. The van der Waals surface area contributed by atoms with Gasteiger partial charge >= 0.3 is 0 Å². The smallest absolute Gasteiger partial charge is 0.0125 e. The van der Waals surface area contributed by atoms with E-state index < -0.39 is 0 Å². The first-order chi connectivity index (χ1) is 5.02. The van der Waals surface area contributed by atoms with E-state index in [2.05, 4.69) is 39.5 Å². The molecule has 3 N–H and O–H groups in total. The zero-order chi connectivity index (χ0) is 8.91. The Kier molecular flexibility index (Phi) is 7.75. The third-order valence-electron chi connectivity index (χ3n) is 1.94. The minimum Gasteiger partial charge on any atom is -0.344 e. The third kappa shape index (κ3) is 5.56. The zero-order valence-electron chi connectivity index (χ0n) is 9.48. The van der Waals surface area contributed by atoms with Crippen LogP contribution in [-0.4, -0.2) is 23.5 Å². The molecule has 12 heavy (non-hydrogen) atoms. The molecule has 0 aliphatic rings. The molecule has 0 heterocycles. The van der Waals surface area contributed by atoms with Crippen molar-refractivity contribution in [1.82, 2.24) is 11.1 Å². The molecule has 0 atom stereocenters. The molecule has 0 aliphatic carbocycles. The first kappa shape index (κ1) is 14.4. The van der Waals surface area contributed by atoms with Gasteiger partial charge in [0, 0.05) is 5.54 Å². The Bertz CT molecular complexity index is 88.5. The fraction of sp³-hybridized carbons (Fsp3) is 1.00. The Balaban J connectivity index is 0. The van der Waals surface area contributed by atoms with Gasteiger partial charge in [0.2, 0.25) is 0 Å². The quantitative estimate of drug-likeness (QED) is 0.711. The molecule has 2 heteroatoms. The van der Waals surface area contributed by atoms with Gasteiger partial charge < -0.3 is 6.15 Å². The summed E-state index contributed by atoms with van der Waals surface area (Å²) < 4.78 is 0. The Morgan fingerprint density at radius 1 is 0.917 bits per heavy atom. The maximum absolute atomic E-state index is 2.55. The highest BCUT2D eigenvalue weighted by Crippen LogP contribution is 2.13. The molecular formula is C10H26N2. The molecule has 0 amide bonds. The molecule has 0 bridgehead atoms. The maximum atomic E-state index is 2.55. The highest BCUT2D eigenvalue weighted by Gasteiger charge is 2.18. The van der Waals surface area contributed by atoms with Crippen molar-refractivity contribution >= 4 is 0 Å². The molecule has 0 aromatic carbocycles. The molecule has 0 saturated carbocycles. The van der Waals surface area contributed by atoms with Gasteiger partial charge in [-0.25, -0.2) is 0 Å². The number of hydrogen-bond donors (Lipinski definition) is 1. The summed E-state index contributed by atoms with van der Waals surface area (Å²) in [6.07, 6.45) is 2.52. The van der Waals surface area contributed by atoms with Crippen LogP contribution in [0.15, 0.2) is 0 Å². The largest absolute Gasteiger partial charge is 0.344 e. The topological polar surface area (TPSA) is 38.2 Å². The molecule has 0 aromatic heterocycles. The molecule has 0 aliphatic heterocycles. The van der Waals surface area contributed by atoms with E-state index in [0.29, 0.717) is 5.54 Å². The van der Waals surface area contributed by atoms with Gasteiger partial charge in [0.05, 0.1) is 0 Å². The van der Waals surface area contributed by atoms with Crippen LogP contribution in [0.1, 0.15) is 47.5 Å². The molecule has 0 fully saturated rings. The highest BCUT2D eigenvalue weighted by atomic mass is 15.2. The second-order valence-corrected chi connectivity index (χ2v) is 4.16. The van der Waals surface area contributed by atoms with E-state index in [1.165, 1.54) is 25.9 Å². The molecule has 0 spiro atoms. The summed E-state index contributed by atoms with van der Waals surface area (Å²) in [5, 5.41) is 0. The zero-order valence-corrected chi connectivity index (χ0v) is 9.48. The van der Waals surface area contributed by atoms with E-state index >= 15 is 0 Å². The van der Waals surface area contributed by atoms with Crippen molar-refractivity contribution < 1.29 is 0 Å². The second-order valence-electron chi connectivity index (χ2n) is 4.16. The van der Waals surface area contributed by atoms with Gasteiger partial charge in [-0.3, -0.25) is 4.90 Å². The molecule has 0 radical (unpaired) electrons. The van der Waals surface area contributed by atoms with E-state index in [1.54, 1.807) is 0 Å². The Labute approximate surface area is 77.9 Å². The van der Waals surface area contributed by atoms with Crippen LogP contribution in [0.25, 0.3) is 0 Å². The molecular weight excluding hydrogens is 148 g/mol.